The molecule has 0 radical (unpaired) electrons. The summed E-state index contributed by atoms with van der Waals surface area (Å²) in [7, 11) is -3.76. The molecule has 130 valence electrons. The topological polar surface area (TPSA) is 63.4 Å². The van der Waals surface area contributed by atoms with Gasteiger partial charge >= 0.3 is 0 Å². The molecule has 0 spiro atoms. The lowest BCUT2D eigenvalue weighted by molar-refractivity contribution is 0.323. The molecule has 2 rings (SSSR count). The van der Waals surface area contributed by atoms with Gasteiger partial charge in [-0.25, -0.2) is 8.42 Å². The first-order valence-electron chi connectivity index (χ1n) is 7.88. The van der Waals surface area contributed by atoms with Crippen LogP contribution in [0.4, 0.5) is 5.69 Å². The van der Waals surface area contributed by atoms with Crippen LogP contribution in [0.25, 0.3) is 0 Å². The van der Waals surface area contributed by atoms with Gasteiger partial charge < -0.3 is 5.73 Å². The number of nitrogen functional groups attached to an aromatic ring is 1. The number of rotatable bonds is 6. The molecule has 1 unspecified atom stereocenters. The third-order valence-electron chi connectivity index (χ3n) is 4.17. The Bertz CT molecular complexity index is 807. The van der Waals surface area contributed by atoms with Crippen molar-refractivity contribution >= 4 is 27.3 Å². The molecular formula is C18H23ClN2O2S. The summed E-state index contributed by atoms with van der Waals surface area (Å²) in [5.74, 6) is 0. The molecule has 0 aliphatic rings. The molecule has 0 aliphatic carbocycles. The van der Waals surface area contributed by atoms with Crippen LogP contribution in [0.1, 0.15) is 31.4 Å². The molecule has 0 amide bonds. The molecule has 2 aromatic carbocycles. The summed E-state index contributed by atoms with van der Waals surface area (Å²) in [6, 6.07) is 12.4. The molecule has 0 bridgehead atoms. The zero-order valence-corrected chi connectivity index (χ0v) is 15.7. The molecule has 0 aromatic heterocycles. The van der Waals surface area contributed by atoms with Crippen molar-refractivity contribution in [3.05, 3.63) is 58.6 Å². The monoisotopic (exact) mass is 366 g/mol. The van der Waals surface area contributed by atoms with E-state index in [9.17, 15) is 8.42 Å². The largest absolute Gasteiger partial charge is 0.398 e. The number of hydrogen-bond acceptors (Lipinski definition) is 3. The number of hydrogen-bond donors (Lipinski definition) is 1. The molecule has 0 aliphatic heterocycles. The second-order valence-electron chi connectivity index (χ2n) is 5.93. The van der Waals surface area contributed by atoms with Crippen molar-refractivity contribution in [3.63, 3.8) is 0 Å². The van der Waals surface area contributed by atoms with Crippen LogP contribution < -0.4 is 5.73 Å². The van der Waals surface area contributed by atoms with E-state index in [2.05, 4.69) is 0 Å². The van der Waals surface area contributed by atoms with Gasteiger partial charge in [0.05, 0.1) is 5.02 Å². The summed E-state index contributed by atoms with van der Waals surface area (Å²) in [5.41, 5.74) is 8.01. The fraction of sp³-hybridized carbons (Fsp3) is 0.333. The Morgan fingerprint density at radius 1 is 1.21 bits per heavy atom. The number of nitrogens with zero attached hydrogens (tertiary/aromatic N) is 1. The Morgan fingerprint density at radius 2 is 1.83 bits per heavy atom. The van der Waals surface area contributed by atoms with Crippen molar-refractivity contribution in [2.75, 3.05) is 5.73 Å². The molecule has 0 saturated carbocycles. The van der Waals surface area contributed by atoms with Crippen LogP contribution in [0.15, 0.2) is 47.4 Å². The van der Waals surface area contributed by atoms with E-state index in [-0.39, 0.29) is 16.0 Å². The van der Waals surface area contributed by atoms with Gasteiger partial charge in [0.1, 0.15) is 4.90 Å². The first kappa shape index (κ1) is 18.8. The Morgan fingerprint density at radius 3 is 2.42 bits per heavy atom. The predicted octanol–water partition coefficient (Wildman–Crippen LogP) is 4.22. The summed E-state index contributed by atoms with van der Waals surface area (Å²) in [6.45, 7) is 5.95. The smallest absolute Gasteiger partial charge is 0.245 e. The average molecular weight is 367 g/mol. The van der Waals surface area contributed by atoms with E-state index in [1.807, 2.05) is 44.2 Å². The molecule has 0 fully saturated rings. The van der Waals surface area contributed by atoms with Crippen molar-refractivity contribution in [1.82, 2.24) is 4.31 Å². The van der Waals surface area contributed by atoms with Crippen molar-refractivity contribution < 1.29 is 8.42 Å². The van der Waals surface area contributed by atoms with Crippen LogP contribution in [-0.4, -0.2) is 18.8 Å². The van der Waals surface area contributed by atoms with Crippen LogP contribution in [0.2, 0.25) is 5.02 Å². The normalized spacial score (nSPS) is 13.2. The molecule has 4 nitrogen and oxygen atoms in total. The number of anilines is 1. The van der Waals surface area contributed by atoms with Crippen LogP contribution >= 0.6 is 11.6 Å². The SMILES string of the molecule is CCC(C)N(Cc1ccccc1)S(=O)(=O)c1cc(N)c(C)cc1Cl. The van der Waals surface area contributed by atoms with Gasteiger partial charge in [0, 0.05) is 18.3 Å². The van der Waals surface area contributed by atoms with E-state index in [1.54, 1.807) is 13.0 Å². The molecular weight excluding hydrogens is 344 g/mol. The zero-order chi connectivity index (χ0) is 17.9. The Balaban J connectivity index is 2.50. The molecule has 2 N–H and O–H groups in total. The lowest BCUT2D eigenvalue weighted by Gasteiger charge is -2.28. The van der Waals surface area contributed by atoms with E-state index < -0.39 is 10.0 Å². The minimum atomic E-state index is -3.76. The Hall–Kier alpha value is -1.56. The molecule has 1 atom stereocenters. The lowest BCUT2D eigenvalue weighted by Crippen LogP contribution is -2.38. The average Bonchev–Trinajstić information content (AvgIpc) is 2.56. The highest BCUT2D eigenvalue weighted by Crippen LogP contribution is 2.31. The van der Waals surface area contributed by atoms with E-state index in [1.165, 1.54) is 10.4 Å². The van der Waals surface area contributed by atoms with Gasteiger partial charge in [0.15, 0.2) is 0 Å². The Kier molecular flexibility index (Phi) is 5.91. The van der Waals surface area contributed by atoms with E-state index in [0.29, 0.717) is 18.7 Å². The van der Waals surface area contributed by atoms with Crippen LogP contribution in [-0.2, 0) is 16.6 Å². The van der Waals surface area contributed by atoms with Gasteiger partial charge in [-0.2, -0.15) is 4.31 Å². The summed E-state index contributed by atoms with van der Waals surface area (Å²) < 4.78 is 27.9. The summed E-state index contributed by atoms with van der Waals surface area (Å²) in [6.07, 6.45) is 0.699. The first-order valence-corrected chi connectivity index (χ1v) is 9.70. The van der Waals surface area contributed by atoms with Crippen LogP contribution in [0.3, 0.4) is 0 Å². The van der Waals surface area contributed by atoms with E-state index in [0.717, 1.165) is 11.1 Å². The fourth-order valence-electron chi connectivity index (χ4n) is 2.44. The van der Waals surface area contributed by atoms with Gasteiger partial charge in [0.25, 0.3) is 0 Å². The molecule has 2 aromatic rings. The third kappa shape index (κ3) is 3.91. The second kappa shape index (κ2) is 7.55. The summed E-state index contributed by atoms with van der Waals surface area (Å²) >= 11 is 6.22. The Labute approximate surface area is 149 Å². The number of benzene rings is 2. The highest BCUT2D eigenvalue weighted by molar-refractivity contribution is 7.89. The van der Waals surface area contributed by atoms with Crippen LogP contribution in [0, 0.1) is 6.92 Å². The molecule has 0 heterocycles. The first-order chi connectivity index (χ1) is 11.3. The number of halogens is 1. The highest BCUT2D eigenvalue weighted by atomic mass is 35.5. The predicted molar refractivity (Wildman–Crippen MR) is 99.5 cm³/mol. The maximum absolute atomic E-state index is 13.2. The summed E-state index contributed by atoms with van der Waals surface area (Å²) in [5, 5.41) is 0.197. The standard InChI is InChI=1S/C18H23ClN2O2S/c1-4-14(3)21(12-15-8-6-5-7-9-15)24(22,23)18-11-17(20)13(2)10-16(18)19/h5-11,14H,4,12,20H2,1-3H3. The van der Waals surface area contributed by atoms with Crippen LogP contribution in [0.5, 0.6) is 0 Å². The van der Waals surface area contributed by atoms with Gasteiger partial charge in [-0.15, -0.1) is 0 Å². The van der Waals surface area contributed by atoms with E-state index in [4.69, 9.17) is 17.3 Å². The quantitative estimate of drug-likeness (QED) is 0.778. The minimum absolute atomic E-state index is 0.0588. The lowest BCUT2D eigenvalue weighted by atomic mass is 10.2. The number of nitrogens with two attached hydrogens (primary N) is 1. The van der Waals surface area contributed by atoms with Gasteiger partial charge in [-0.1, -0.05) is 48.9 Å². The van der Waals surface area contributed by atoms with E-state index >= 15 is 0 Å². The molecule has 6 heteroatoms. The molecule has 24 heavy (non-hydrogen) atoms. The number of aryl methyl sites for hydroxylation is 1. The van der Waals surface area contributed by atoms with Gasteiger partial charge in [-0.05, 0) is 43.5 Å². The number of sulfonamides is 1. The molecule has 0 saturated heterocycles. The fourth-order valence-corrected chi connectivity index (χ4v) is 4.72. The highest BCUT2D eigenvalue weighted by Gasteiger charge is 2.30. The minimum Gasteiger partial charge on any atom is -0.398 e. The third-order valence-corrected chi connectivity index (χ3v) is 6.60. The maximum atomic E-state index is 13.2. The second-order valence-corrected chi connectivity index (χ2v) is 8.20. The van der Waals surface area contributed by atoms with Gasteiger partial charge in [0.2, 0.25) is 10.0 Å². The van der Waals surface area contributed by atoms with Crippen molar-refractivity contribution in [2.45, 2.75) is 44.7 Å². The van der Waals surface area contributed by atoms with Crippen molar-refractivity contribution in [1.29, 1.82) is 0 Å². The van der Waals surface area contributed by atoms with Gasteiger partial charge in [-0.3, -0.25) is 0 Å². The summed E-state index contributed by atoms with van der Waals surface area (Å²) in [4.78, 5) is 0.0588. The zero-order valence-electron chi connectivity index (χ0n) is 14.2. The maximum Gasteiger partial charge on any atom is 0.245 e. The van der Waals surface area contributed by atoms with Crippen molar-refractivity contribution in [3.8, 4) is 0 Å². The van der Waals surface area contributed by atoms with Crippen molar-refractivity contribution in [2.24, 2.45) is 0 Å².